The van der Waals surface area contributed by atoms with Crippen LogP contribution in [0, 0.1) is 18.6 Å². The van der Waals surface area contributed by atoms with Crippen molar-refractivity contribution in [3.8, 4) is 0 Å². The van der Waals surface area contributed by atoms with Gasteiger partial charge in [0.1, 0.15) is 11.6 Å². The average Bonchev–Trinajstić information content (AvgIpc) is 2.66. The molecule has 0 aliphatic carbocycles. The molecule has 2 aromatic carbocycles. The van der Waals surface area contributed by atoms with Crippen molar-refractivity contribution in [1.82, 2.24) is 10.2 Å². The molecule has 0 spiro atoms. The molecule has 0 radical (unpaired) electrons. The second-order valence-corrected chi connectivity index (χ2v) is 7.12. The molecule has 0 fully saturated rings. The van der Waals surface area contributed by atoms with Crippen LogP contribution >= 0.6 is 11.6 Å². The minimum Gasteiger partial charge on any atom is -0.333 e. The molecule has 0 saturated carbocycles. The zero-order valence-electron chi connectivity index (χ0n) is 16.6. The smallest absolute Gasteiger partial charge is 0.244 e. The predicted molar refractivity (Wildman–Crippen MR) is 110 cm³/mol. The van der Waals surface area contributed by atoms with E-state index in [2.05, 4.69) is 10.6 Å². The van der Waals surface area contributed by atoms with E-state index in [4.69, 9.17) is 11.6 Å². The Kier molecular flexibility index (Phi) is 8.10. The summed E-state index contributed by atoms with van der Waals surface area (Å²) in [5.41, 5.74) is 1.70. The summed E-state index contributed by atoms with van der Waals surface area (Å²) in [4.78, 5) is 26.2. The molecule has 0 aliphatic heterocycles. The average molecular weight is 424 g/mol. The maximum absolute atomic E-state index is 13.9. The maximum Gasteiger partial charge on any atom is 0.244 e. The van der Waals surface area contributed by atoms with Crippen LogP contribution in [0.4, 0.5) is 14.5 Å². The van der Waals surface area contributed by atoms with Gasteiger partial charge < -0.3 is 15.5 Å². The molecule has 156 valence electrons. The van der Waals surface area contributed by atoms with E-state index in [1.165, 1.54) is 17.0 Å². The molecular weight excluding hydrogens is 400 g/mol. The third-order valence-electron chi connectivity index (χ3n) is 4.53. The molecule has 5 nitrogen and oxygen atoms in total. The normalized spacial score (nSPS) is 11.8. The molecule has 0 bridgehead atoms. The monoisotopic (exact) mass is 423 g/mol. The first kappa shape index (κ1) is 22.8. The van der Waals surface area contributed by atoms with Crippen molar-refractivity contribution >= 4 is 29.1 Å². The summed E-state index contributed by atoms with van der Waals surface area (Å²) in [5.74, 6) is -1.99. The minimum absolute atomic E-state index is 0.0880. The summed E-state index contributed by atoms with van der Waals surface area (Å²) >= 11 is 5.95. The molecule has 8 heteroatoms. The zero-order chi connectivity index (χ0) is 21.6. The second-order valence-electron chi connectivity index (χ2n) is 6.68. The summed E-state index contributed by atoms with van der Waals surface area (Å²) in [6, 6.07) is 7.97. The Morgan fingerprint density at radius 2 is 1.90 bits per heavy atom. The summed E-state index contributed by atoms with van der Waals surface area (Å²) < 4.78 is 26.9. The number of carbonyl (C=O) groups excluding carboxylic acids is 2. The Morgan fingerprint density at radius 3 is 2.55 bits per heavy atom. The maximum atomic E-state index is 13.9. The van der Waals surface area contributed by atoms with Crippen LogP contribution in [0.15, 0.2) is 36.4 Å². The lowest BCUT2D eigenvalue weighted by molar-refractivity contribution is -0.133. The van der Waals surface area contributed by atoms with Gasteiger partial charge in [0.25, 0.3) is 0 Å². The first-order chi connectivity index (χ1) is 13.7. The number of rotatable bonds is 8. The number of anilines is 1. The Balaban J connectivity index is 1.92. The van der Waals surface area contributed by atoms with Crippen LogP contribution in [-0.4, -0.2) is 36.3 Å². The van der Waals surface area contributed by atoms with Gasteiger partial charge in [-0.3, -0.25) is 9.59 Å². The van der Waals surface area contributed by atoms with E-state index in [0.29, 0.717) is 17.3 Å². The van der Waals surface area contributed by atoms with Crippen molar-refractivity contribution < 1.29 is 18.4 Å². The SMILES string of the molecule is CCN(CC(=O)Nc1cc(Cl)ccc1C)C(=O)CN[C@H](C)c1ccc(F)cc1F. The number of nitrogens with zero attached hydrogens (tertiary/aromatic N) is 1. The molecule has 2 aromatic rings. The highest BCUT2D eigenvalue weighted by Crippen LogP contribution is 2.20. The Morgan fingerprint density at radius 1 is 1.17 bits per heavy atom. The van der Waals surface area contributed by atoms with Crippen molar-refractivity contribution in [1.29, 1.82) is 0 Å². The van der Waals surface area contributed by atoms with Crippen molar-refractivity contribution in [2.75, 3.05) is 25.0 Å². The molecule has 2 amide bonds. The third kappa shape index (κ3) is 6.51. The first-order valence-electron chi connectivity index (χ1n) is 9.23. The highest BCUT2D eigenvalue weighted by Gasteiger charge is 2.18. The van der Waals surface area contributed by atoms with E-state index in [-0.39, 0.29) is 30.5 Å². The first-order valence-corrected chi connectivity index (χ1v) is 9.61. The molecular formula is C21H24ClF2N3O2. The van der Waals surface area contributed by atoms with E-state index in [0.717, 1.165) is 11.6 Å². The summed E-state index contributed by atoms with van der Waals surface area (Å²) in [6.07, 6.45) is 0. The van der Waals surface area contributed by atoms with E-state index in [1.807, 2.05) is 6.92 Å². The lowest BCUT2D eigenvalue weighted by Gasteiger charge is -2.22. The van der Waals surface area contributed by atoms with Crippen LogP contribution < -0.4 is 10.6 Å². The third-order valence-corrected chi connectivity index (χ3v) is 4.77. The summed E-state index contributed by atoms with van der Waals surface area (Å²) in [6.45, 7) is 5.40. The number of halogens is 3. The van der Waals surface area contributed by atoms with Crippen LogP contribution in [0.3, 0.4) is 0 Å². The topological polar surface area (TPSA) is 61.4 Å². The lowest BCUT2D eigenvalue weighted by Crippen LogP contribution is -2.42. The molecule has 0 aliphatic rings. The van der Waals surface area contributed by atoms with Gasteiger partial charge in [-0.1, -0.05) is 23.7 Å². The number of benzene rings is 2. The lowest BCUT2D eigenvalue weighted by atomic mass is 10.1. The Labute approximate surface area is 174 Å². The van der Waals surface area contributed by atoms with Crippen molar-refractivity contribution in [3.63, 3.8) is 0 Å². The van der Waals surface area contributed by atoms with E-state index in [9.17, 15) is 18.4 Å². The minimum atomic E-state index is -0.680. The van der Waals surface area contributed by atoms with E-state index in [1.54, 1.807) is 32.0 Å². The van der Waals surface area contributed by atoms with Gasteiger partial charge in [-0.15, -0.1) is 0 Å². The quantitative estimate of drug-likeness (QED) is 0.673. The number of aryl methyl sites for hydroxylation is 1. The van der Waals surface area contributed by atoms with E-state index < -0.39 is 17.7 Å². The number of hydrogen-bond acceptors (Lipinski definition) is 3. The van der Waals surface area contributed by atoms with Gasteiger partial charge in [-0.05, 0) is 44.5 Å². The standard InChI is InChI=1S/C21H24ClF2N3O2/c1-4-27(12-20(28)26-19-9-15(22)6-5-13(19)2)21(29)11-25-14(3)17-8-7-16(23)10-18(17)24/h5-10,14,25H,4,11-12H2,1-3H3,(H,26,28)/t14-/m1/s1. The van der Waals surface area contributed by atoms with Crippen LogP contribution in [0.25, 0.3) is 0 Å². The van der Waals surface area contributed by atoms with Gasteiger partial charge in [-0.2, -0.15) is 0 Å². The molecule has 2 rings (SSSR count). The molecule has 0 saturated heterocycles. The second kappa shape index (κ2) is 10.3. The largest absolute Gasteiger partial charge is 0.333 e. The van der Waals surface area contributed by atoms with Crippen LogP contribution in [0.5, 0.6) is 0 Å². The molecule has 0 aromatic heterocycles. The number of nitrogens with one attached hydrogen (secondary N) is 2. The molecule has 0 heterocycles. The van der Waals surface area contributed by atoms with Crippen LogP contribution in [-0.2, 0) is 9.59 Å². The van der Waals surface area contributed by atoms with Gasteiger partial charge in [0, 0.05) is 34.9 Å². The summed E-state index contributed by atoms with van der Waals surface area (Å²) in [7, 11) is 0. The van der Waals surface area contributed by atoms with Crippen molar-refractivity contribution in [3.05, 3.63) is 64.2 Å². The van der Waals surface area contributed by atoms with Gasteiger partial charge in [0.05, 0.1) is 13.1 Å². The Bertz CT molecular complexity index is 892. The fourth-order valence-electron chi connectivity index (χ4n) is 2.78. The molecule has 0 unspecified atom stereocenters. The molecule has 2 N–H and O–H groups in total. The van der Waals surface area contributed by atoms with Gasteiger partial charge in [0.15, 0.2) is 0 Å². The number of carbonyl (C=O) groups is 2. The van der Waals surface area contributed by atoms with E-state index >= 15 is 0 Å². The van der Waals surface area contributed by atoms with Gasteiger partial charge >= 0.3 is 0 Å². The van der Waals surface area contributed by atoms with Gasteiger partial charge in [-0.25, -0.2) is 8.78 Å². The van der Waals surface area contributed by atoms with Crippen molar-refractivity contribution in [2.45, 2.75) is 26.8 Å². The fraction of sp³-hybridized carbons (Fsp3) is 0.333. The zero-order valence-corrected chi connectivity index (χ0v) is 17.3. The molecule has 29 heavy (non-hydrogen) atoms. The number of amides is 2. The number of likely N-dealkylation sites (N-methyl/N-ethyl adjacent to an activating group) is 1. The number of hydrogen-bond donors (Lipinski definition) is 2. The highest BCUT2D eigenvalue weighted by molar-refractivity contribution is 6.31. The van der Waals surface area contributed by atoms with Crippen LogP contribution in [0.2, 0.25) is 5.02 Å². The highest BCUT2D eigenvalue weighted by atomic mass is 35.5. The Hall–Kier alpha value is -2.51. The molecule has 1 atom stereocenters. The predicted octanol–water partition coefficient (Wildman–Crippen LogP) is 4.06. The summed E-state index contributed by atoms with van der Waals surface area (Å²) in [5, 5.41) is 6.16. The fourth-order valence-corrected chi connectivity index (χ4v) is 2.96. The van der Waals surface area contributed by atoms with Gasteiger partial charge in [0.2, 0.25) is 11.8 Å². The van der Waals surface area contributed by atoms with Crippen molar-refractivity contribution in [2.24, 2.45) is 0 Å². The van der Waals surface area contributed by atoms with Crippen LogP contribution in [0.1, 0.15) is 31.0 Å².